The number of pyridine rings is 1. The lowest BCUT2D eigenvalue weighted by Crippen LogP contribution is -2.26. The van der Waals surface area contributed by atoms with Gasteiger partial charge in [-0.2, -0.15) is 23.1 Å². The first-order chi connectivity index (χ1) is 19.3. The van der Waals surface area contributed by atoms with Gasteiger partial charge in [-0.15, -0.1) is 0 Å². The molecule has 2 fully saturated rings. The van der Waals surface area contributed by atoms with Crippen LogP contribution in [0.5, 0.6) is 5.75 Å². The number of ether oxygens (including phenoxy) is 1. The molecule has 0 spiro atoms. The molecular weight excluding hydrogens is 546 g/mol. The summed E-state index contributed by atoms with van der Waals surface area (Å²) < 4.78 is 59.0. The molecule has 0 radical (unpaired) electrons. The molecule has 0 amide bonds. The van der Waals surface area contributed by atoms with Gasteiger partial charge in [0.25, 0.3) is 10.0 Å². The molecule has 0 unspecified atom stereocenters. The molecule has 40 heavy (non-hydrogen) atoms. The molecule has 2 N–H and O–H groups in total. The molecule has 0 bridgehead atoms. The summed E-state index contributed by atoms with van der Waals surface area (Å²) in [7, 11) is -3.51. The number of hydrogen-bond donors (Lipinski definition) is 2. The highest BCUT2D eigenvalue weighted by Gasteiger charge is 2.37. The highest BCUT2D eigenvalue weighted by Crippen LogP contribution is 2.35. The van der Waals surface area contributed by atoms with Crippen LogP contribution in [0.15, 0.2) is 49.3 Å². The third-order valence-electron chi connectivity index (χ3n) is 6.85. The summed E-state index contributed by atoms with van der Waals surface area (Å²) in [5.74, 6) is 1.47. The number of hydrogen-bond acceptors (Lipinski definition) is 10. The van der Waals surface area contributed by atoms with Gasteiger partial charge in [-0.05, 0) is 44.6 Å². The number of rotatable bonds is 9. The van der Waals surface area contributed by atoms with E-state index in [1.54, 1.807) is 12.1 Å². The molecule has 0 aromatic carbocycles. The smallest absolute Gasteiger partial charge is 0.333 e. The zero-order chi connectivity index (χ0) is 27.9. The number of nitrogens with one attached hydrogen (secondary N) is 1. The number of aromatic nitrogens is 7. The third-order valence-corrected chi connectivity index (χ3v) is 8.89. The molecule has 0 saturated heterocycles. The molecule has 210 valence electrons. The second-order valence-electron chi connectivity index (χ2n) is 9.84. The van der Waals surface area contributed by atoms with Gasteiger partial charge in [0.1, 0.15) is 17.4 Å². The summed E-state index contributed by atoms with van der Waals surface area (Å²) in [6, 6.07) is 3.28. The van der Waals surface area contributed by atoms with Crippen molar-refractivity contribution in [1.82, 2.24) is 33.9 Å². The Hall–Kier alpha value is -3.98. The van der Waals surface area contributed by atoms with Crippen LogP contribution in [0, 0.1) is 0 Å². The van der Waals surface area contributed by atoms with Crippen LogP contribution < -0.4 is 10.1 Å². The lowest BCUT2D eigenvalue weighted by molar-refractivity contribution is 0.0566. The maximum Gasteiger partial charge on any atom is 0.333 e. The Labute approximate surface area is 228 Å². The van der Waals surface area contributed by atoms with Crippen molar-refractivity contribution in [2.24, 2.45) is 0 Å². The fourth-order valence-electron chi connectivity index (χ4n) is 4.52. The summed E-state index contributed by atoms with van der Waals surface area (Å²) in [6.07, 6.45) is 11.7. The fourth-order valence-corrected chi connectivity index (χ4v) is 6.00. The number of anilines is 2. The molecule has 15 heteroatoms. The average Bonchev–Trinajstić information content (AvgIpc) is 3.48. The third kappa shape index (κ3) is 5.51. The number of halogens is 2. The van der Waals surface area contributed by atoms with Crippen molar-refractivity contribution >= 4 is 21.7 Å². The lowest BCUT2D eigenvalue weighted by Gasteiger charge is -2.27. The van der Waals surface area contributed by atoms with E-state index in [0.717, 1.165) is 4.09 Å². The highest BCUT2D eigenvalue weighted by atomic mass is 32.2. The van der Waals surface area contributed by atoms with Crippen molar-refractivity contribution in [3.63, 3.8) is 0 Å². The van der Waals surface area contributed by atoms with Gasteiger partial charge in [-0.3, -0.25) is 0 Å². The molecule has 6 rings (SSSR count). The van der Waals surface area contributed by atoms with E-state index in [1.165, 1.54) is 37.2 Å². The monoisotopic (exact) mass is 572 g/mol. The summed E-state index contributed by atoms with van der Waals surface area (Å²) in [6.45, 7) is -2.78. The van der Waals surface area contributed by atoms with E-state index < -0.39 is 21.8 Å². The van der Waals surface area contributed by atoms with Gasteiger partial charge in [-0.1, -0.05) is 0 Å². The molecule has 2 aliphatic carbocycles. The van der Waals surface area contributed by atoms with Crippen molar-refractivity contribution in [3.8, 4) is 28.3 Å². The Morgan fingerprint density at radius 2 is 1.75 bits per heavy atom. The van der Waals surface area contributed by atoms with Crippen molar-refractivity contribution in [3.05, 3.63) is 49.3 Å². The van der Waals surface area contributed by atoms with E-state index in [0.29, 0.717) is 77.3 Å². The molecule has 4 aromatic rings. The number of aliphatic hydroxyl groups excluding tert-OH is 1. The van der Waals surface area contributed by atoms with Crippen molar-refractivity contribution < 1.29 is 27.0 Å². The van der Waals surface area contributed by atoms with Crippen LogP contribution in [0.1, 0.15) is 45.1 Å². The van der Waals surface area contributed by atoms with E-state index in [-0.39, 0.29) is 18.0 Å². The Morgan fingerprint density at radius 3 is 2.48 bits per heavy atom. The van der Waals surface area contributed by atoms with Gasteiger partial charge in [-0.25, -0.2) is 28.1 Å². The van der Waals surface area contributed by atoms with Crippen LogP contribution in [0.25, 0.3) is 22.5 Å². The maximum atomic E-state index is 13.1. The second kappa shape index (κ2) is 10.5. The van der Waals surface area contributed by atoms with E-state index in [1.807, 2.05) is 0 Å². The molecular formula is C25H26F2N8O4S. The Bertz CT molecular complexity index is 1610. The van der Waals surface area contributed by atoms with Crippen LogP contribution in [0.2, 0.25) is 0 Å². The molecule has 0 aliphatic heterocycles. The highest BCUT2D eigenvalue weighted by molar-refractivity contribution is 7.90. The van der Waals surface area contributed by atoms with Gasteiger partial charge >= 0.3 is 6.55 Å². The summed E-state index contributed by atoms with van der Waals surface area (Å²) in [4.78, 5) is 13.1. The molecule has 4 aromatic heterocycles. The van der Waals surface area contributed by atoms with Gasteiger partial charge in [0.05, 0.1) is 41.6 Å². The van der Waals surface area contributed by atoms with Crippen molar-refractivity contribution in [2.45, 2.75) is 62.5 Å². The van der Waals surface area contributed by atoms with E-state index in [9.17, 15) is 22.3 Å². The van der Waals surface area contributed by atoms with Crippen LogP contribution in [-0.2, 0) is 10.0 Å². The lowest BCUT2D eigenvalue weighted by atomic mass is 9.95. The summed E-state index contributed by atoms with van der Waals surface area (Å²) >= 11 is 0. The zero-order valence-corrected chi connectivity index (χ0v) is 22.0. The summed E-state index contributed by atoms with van der Waals surface area (Å²) in [5, 5.41) is 20.3. The van der Waals surface area contributed by atoms with Crippen LogP contribution in [-0.4, -0.2) is 64.9 Å². The topological polar surface area (TPSA) is 150 Å². The molecule has 2 aliphatic rings. The average molecular weight is 573 g/mol. The molecule has 2 saturated carbocycles. The predicted octanol–water partition coefficient (Wildman–Crippen LogP) is 3.76. The van der Waals surface area contributed by atoms with Crippen LogP contribution in [0.3, 0.4) is 0 Å². The van der Waals surface area contributed by atoms with E-state index >= 15 is 0 Å². The van der Waals surface area contributed by atoms with Crippen molar-refractivity contribution in [2.75, 3.05) is 5.32 Å². The molecule has 0 atom stereocenters. The van der Waals surface area contributed by atoms with Crippen molar-refractivity contribution in [1.29, 1.82) is 0 Å². The Balaban J connectivity index is 1.26. The minimum Gasteiger partial charge on any atom is -0.490 e. The largest absolute Gasteiger partial charge is 0.490 e. The SMILES string of the molecule is O=S(=O)(C1CC1)n1cc(-c2nccc(Nc3cc(OC4CCC(O)CC4)c(-c4cnn(C(F)F)c4)cn3)n2)cn1. The van der Waals surface area contributed by atoms with E-state index in [4.69, 9.17) is 4.74 Å². The zero-order valence-electron chi connectivity index (χ0n) is 21.1. The number of aliphatic hydroxyl groups is 1. The Morgan fingerprint density at radius 1 is 0.975 bits per heavy atom. The van der Waals surface area contributed by atoms with Crippen LogP contribution >= 0.6 is 0 Å². The first kappa shape index (κ1) is 26.3. The minimum atomic E-state index is -3.51. The maximum absolute atomic E-state index is 13.1. The number of nitrogens with zero attached hydrogens (tertiary/aromatic N) is 7. The quantitative estimate of drug-likeness (QED) is 0.303. The second-order valence-corrected chi connectivity index (χ2v) is 11.9. The fraction of sp³-hybridized carbons (Fsp3) is 0.400. The molecule has 12 nitrogen and oxygen atoms in total. The predicted molar refractivity (Wildman–Crippen MR) is 139 cm³/mol. The van der Waals surface area contributed by atoms with Gasteiger partial charge in [0.2, 0.25) is 0 Å². The van der Waals surface area contributed by atoms with Gasteiger partial charge in [0.15, 0.2) is 5.82 Å². The van der Waals surface area contributed by atoms with Gasteiger partial charge < -0.3 is 15.2 Å². The Kier molecular flexibility index (Phi) is 6.92. The molecule has 4 heterocycles. The first-order valence-electron chi connectivity index (χ1n) is 12.8. The van der Waals surface area contributed by atoms with E-state index in [2.05, 4.69) is 30.5 Å². The standard InChI is InChI=1S/C25H26F2N8O4S/c26-25(27)34-13-15(10-30-34)20-12-29-23(9-21(20)39-18-3-1-17(36)2-4-18)32-22-7-8-28-24(33-22)16-11-31-35(14-16)40(37,38)19-5-6-19/h7-14,17-19,25,36H,1-6H2,(H,28,29,32,33). The number of alkyl halides is 2. The normalized spacial score (nSPS) is 19.6. The first-order valence-corrected chi connectivity index (χ1v) is 14.3. The summed E-state index contributed by atoms with van der Waals surface area (Å²) in [5.41, 5.74) is 1.36. The van der Waals surface area contributed by atoms with Crippen LogP contribution in [0.4, 0.5) is 20.4 Å². The van der Waals surface area contributed by atoms with Gasteiger partial charge in [0, 0.05) is 35.8 Å². The minimum absolute atomic E-state index is 0.156.